The zero-order valence-corrected chi connectivity index (χ0v) is 15.6. The minimum absolute atomic E-state index is 0.0352. The van der Waals surface area contributed by atoms with Crippen LogP contribution in [0.2, 0.25) is 0 Å². The third kappa shape index (κ3) is 6.00. The van der Waals surface area contributed by atoms with Gasteiger partial charge in [0, 0.05) is 6.92 Å². The highest BCUT2D eigenvalue weighted by Gasteiger charge is 2.35. The molecule has 2 atom stereocenters. The molecule has 1 amide bonds. The fraction of sp³-hybridized carbons (Fsp3) is 0.444. The zero-order chi connectivity index (χ0) is 20.7. The predicted molar refractivity (Wildman–Crippen MR) is 92.2 cm³/mol. The van der Waals surface area contributed by atoms with Gasteiger partial charge in [-0.1, -0.05) is 49.3 Å². The SMILES string of the molecule is CC(=O)OC(c1noc(C(F)F)n1)[C@@H](NC(=O)OCc1ccccc1)C(C)C. The molecule has 0 saturated heterocycles. The number of alkyl halides is 2. The number of aromatic nitrogens is 2. The Balaban J connectivity index is 2.13. The lowest BCUT2D eigenvalue weighted by Crippen LogP contribution is -2.44. The molecule has 152 valence electrons. The molecule has 1 aromatic heterocycles. The Bertz CT molecular complexity index is 783. The number of esters is 1. The van der Waals surface area contributed by atoms with Crippen molar-refractivity contribution < 1.29 is 32.4 Å². The van der Waals surface area contributed by atoms with Crippen molar-refractivity contribution in [3.63, 3.8) is 0 Å². The van der Waals surface area contributed by atoms with E-state index in [-0.39, 0.29) is 18.3 Å². The number of ether oxygens (including phenoxy) is 2. The standard InChI is InChI=1S/C18H21F2N3O5/c1-10(2)13(21-18(25)26-9-12-7-5-4-6-8-12)14(27-11(3)24)16-22-17(15(19)20)28-23-16/h4-8,10,13-15H,9H2,1-3H3,(H,21,25)/t13-,14?/m0/s1. The van der Waals surface area contributed by atoms with Crippen LogP contribution in [0.25, 0.3) is 0 Å². The maximum atomic E-state index is 12.7. The molecule has 0 bridgehead atoms. The summed E-state index contributed by atoms with van der Waals surface area (Å²) in [5, 5.41) is 6.04. The summed E-state index contributed by atoms with van der Waals surface area (Å²) in [7, 11) is 0. The van der Waals surface area contributed by atoms with Crippen LogP contribution in [0.5, 0.6) is 0 Å². The van der Waals surface area contributed by atoms with Gasteiger partial charge in [-0.05, 0) is 11.5 Å². The minimum Gasteiger partial charge on any atom is -0.452 e. The maximum Gasteiger partial charge on any atom is 0.407 e. The number of halogens is 2. The fourth-order valence-electron chi connectivity index (χ4n) is 2.41. The molecule has 0 spiro atoms. The molecular formula is C18H21F2N3O5. The van der Waals surface area contributed by atoms with E-state index in [1.807, 2.05) is 6.07 Å². The summed E-state index contributed by atoms with van der Waals surface area (Å²) < 4.78 is 40.3. The second kappa shape index (κ2) is 9.77. The summed E-state index contributed by atoms with van der Waals surface area (Å²) in [5.41, 5.74) is 0.787. The zero-order valence-electron chi connectivity index (χ0n) is 15.6. The lowest BCUT2D eigenvalue weighted by atomic mass is 9.98. The molecule has 0 aliphatic rings. The van der Waals surface area contributed by atoms with Crippen molar-refractivity contribution in [2.24, 2.45) is 5.92 Å². The Kier molecular flexibility index (Phi) is 7.42. The van der Waals surface area contributed by atoms with E-state index in [1.165, 1.54) is 0 Å². The number of carbonyl (C=O) groups excluding carboxylic acids is 2. The van der Waals surface area contributed by atoms with Crippen molar-refractivity contribution in [1.82, 2.24) is 15.5 Å². The Morgan fingerprint density at radius 2 is 1.89 bits per heavy atom. The van der Waals surface area contributed by atoms with E-state index >= 15 is 0 Å². The van der Waals surface area contributed by atoms with Gasteiger partial charge in [-0.15, -0.1) is 0 Å². The normalized spacial score (nSPS) is 13.2. The first-order valence-corrected chi connectivity index (χ1v) is 8.54. The van der Waals surface area contributed by atoms with Gasteiger partial charge < -0.3 is 19.3 Å². The maximum absolute atomic E-state index is 12.7. The van der Waals surface area contributed by atoms with E-state index < -0.39 is 36.5 Å². The number of hydrogen-bond donors (Lipinski definition) is 1. The van der Waals surface area contributed by atoms with Crippen LogP contribution >= 0.6 is 0 Å². The van der Waals surface area contributed by atoms with Crippen molar-refractivity contribution in [3.8, 4) is 0 Å². The highest BCUT2D eigenvalue weighted by Crippen LogP contribution is 2.26. The van der Waals surface area contributed by atoms with Gasteiger partial charge in [0.15, 0.2) is 6.10 Å². The Morgan fingerprint density at radius 3 is 2.43 bits per heavy atom. The number of nitrogens with one attached hydrogen (secondary N) is 1. The van der Waals surface area contributed by atoms with Gasteiger partial charge in [0.2, 0.25) is 5.82 Å². The van der Waals surface area contributed by atoms with Gasteiger partial charge in [0.25, 0.3) is 5.89 Å². The summed E-state index contributed by atoms with van der Waals surface area (Å²) in [5.74, 6) is -2.14. The summed E-state index contributed by atoms with van der Waals surface area (Å²) >= 11 is 0. The quantitative estimate of drug-likeness (QED) is 0.679. The summed E-state index contributed by atoms with van der Waals surface area (Å²) in [6.45, 7) is 4.67. The molecule has 8 nitrogen and oxygen atoms in total. The smallest absolute Gasteiger partial charge is 0.407 e. The first-order valence-electron chi connectivity index (χ1n) is 8.54. The molecule has 0 radical (unpaired) electrons. The second-order valence-corrected chi connectivity index (χ2v) is 6.30. The van der Waals surface area contributed by atoms with E-state index in [4.69, 9.17) is 9.47 Å². The number of alkyl carbamates (subject to hydrolysis) is 1. The number of amides is 1. The largest absolute Gasteiger partial charge is 0.452 e. The van der Waals surface area contributed by atoms with Crippen molar-refractivity contribution in [2.45, 2.75) is 45.9 Å². The molecule has 1 unspecified atom stereocenters. The van der Waals surface area contributed by atoms with Crippen LogP contribution in [0.1, 0.15) is 50.6 Å². The molecule has 10 heteroatoms. The molecule has 1 N–H and O–H groups in total. The molecule has 2 aromatic rings. The van der Waals surface area contributed by atoms with Gasteiger partial charge >= 0.3 is 18.5 Å². The molecule has 1 aromatic carbocycles. The third-order valence-electron chi connectivity index (χ3n) is 3.73. The topological polar surface area (TPSA) is 104 Å². The Hall–Kier alpha value is -3.04. The summed E-state index contributed by atoms with van der Waals surface area (Å²) in [4.78, 5) is 27.3. The fourth-order valence-corrected chi connectivity index (χ4v) is 2.41. The van der Waals surface area contributed by atoms with E-state index in [9.17, 15) is 18.4 Å². The molecule has 1 heterocycles. The monoisotopic (exact) mass is 397 g/mol. The van der Waals surface area contributed by atoms with E-state index in [2.05, 4.69) is 20.0 Å². The van der Waals surface area contributed by atoms with Crippen LogP contribution in [-0.4, -0.2) is 28.2 Å². The number of rotatable bonds is 8. The van der Waals surface area contributed by atoms with Crippen molar-refractivity contribution in [1.29, 1.82) is 0 Å². The first kappa shape index (κ1) is 21.3. The van der Waals surface area contributed by atoms with E-state index in [0.29, 0.717) is 0 Å². The Labute approximate surface area is 160 Å². The van der Waals surface area contributed by atoms with Gasteiger partial charge in [-0.25, -0.2) is 4.79 Å². The summed E-state index contributed by atoms with van der Waals surface area (Å²) in [6.07, 6.45) is -4.96. The van der Waals surface area contributed by atoms with Gasteiger partial charge in [0.05, 0.1) is 6.04 Å². The summed E-state index contributed by atoms with van der Waals surface area (Å²) in [6, 6.07) is 8.19. The molecule has 0 saturated carbocycles. The molecule has 0 aliphatic heterocycles. The number of benzene rings is 1. The van der Waals surface area contributed by atoms with Crippen LogP contribution in [0, 0.1) is 5.92 Å². The van der Waals surface area contributed by atoms with Crippen LogP contribution in [0.4, 0.5) is 13.6 Å². The lowest BCUT2D eigenvalue weighted by molar-refractivity contribution is -0.149. The molecule has 2 rings (SSSR count). The average molecular weight is 397 g/mol. The van der Waals surface area contributed by atoms with Crippen LogP contribution in [0.3, 0.4) is 0 Å². The lowest BCUT2D eigenvalue weighted by Gasteiger charge is -2.28. The second-order valence-electron chi connectivity index (χ2n) is 6.30. The molecule has 0 fully saturated rings. The van der Waals surface area contributed by atoms with Gasteiger partial charge in [-0.2, -0.15) is 13.8 Å². The van der Waals surface area contributed by atoms with Crippen LogP contribution < -0.4 is 5.32 Å². The Morgan fingerprint density at radius 1 is 1.21 bits per heavy atom. The molecule has 28 heavy (non-hydrogen) atoms. The van der Waals surface area contributed by atoms with E-state index in [0.717, 1.165) is 12.5 Å². The predicted octanol–water partition coefficient (Wildman–Crippen LogP) is 3.56. The van der Waals surface area contributed by atoms with Gasteiger partial charge in [-0.3, -0.25) is 4.79 Å². The van der Waals surface area contributed by atoms with Crippen LogP contribution in [0.15, 0.2) is 34.9 Å². The highest BCUT2D eigenvalue weighted by molar-refractivity contribution is 5.68. The molecule has 0 aliphatic carbocycles. The number of nitrogens with zero attached hydrogens (tertiary/aromatic N) is 2. The van der Waals surface area contributed by atoms with Crippen LogP contribution in [-0.2, 0) is 20.9 Å². The number of hydrogen-bond acceptors (Lipinski definition) is 7. The number of carbonyl (C=O) groups is 2. The van der Waals surface area contributed by atoms with Crippen molar-refractivity contribution in [3.05, 3.63) is 47.6 Å². The minimum atomic E-state index is -2.97. The third-order valence-corrected chi connectivity index (χ3v) is 3.73. The van der Waals surface area contributed by atoms with Crippen molar-refractivity contribution in [2.75, 3.05) is 0 Å². The first-order chi connectivity index (χ1) is 13.3. The average Bonchev–Trinajstić information content (AvgIpc) is 3.13. The highest BCUT2D eigenvalue weighted by atomic mass is 19.3. The van der Waals surface area contributed by atoms with E-state index in [1.54, 1.807) is 38.1 Å². The van der Waals surface area contributed by atoms with Crippen molar-refractivity contribution >= 4 is 12.1 Å². The van der Waals surface area contributed by atoms with Gasteiger partial charge in [0.1, 0.15) is 6.61 Å². The molecular weight excluding hydrogens is 376 g/mol.